The predicted molar refractivity (Wildman–Crippen MR) is 104 cm³/mol. The molecule has 136 valence electrons. The molecule has 0 saturated heterocycles. The quantitative estimate of drug-likeness (QED) is 0.676. The Hall–Kier alpha value is -2.80. The Bertz CT molecular complexity index is 1030. The molecule has 0 fully saturated rings. The van der Waals surface area contributed by atoms with Crippen molar-refractivity contribution in [3.8, 4) is 17.2 Å². The Morgan fingerprint density at radius 2 is 1.85 bits per heavy atom. The molecule has 0 bridgehead atoms. The van der Waals surface area contributed by atoms with Gasteiger partial charge in [0.15, 0.2) is 11.5 Å². The molecule has 3 aromatic rings. The molecule has 0 spiro atoms. The van der Waals surface area contributed by atoms with Gasteiger partial charge in [-0.3, -0.25) is 4.79 Å². The molecule has 1 N–H and O–H groups in total. The second kappa shape index (κ2) is 6.42. The van der Waals surface area contributed by atoms with E-state index in [1.54, 1.807) is 4.68 Å². The summed E-state index contributed by atoms with van der Waals surface area (Å²) < 4.78 is 14.1. The monoisotopic (exact) mass is 425 g/mol. The molecule has 5 rings (SSSR count). The van der Waals surface area contributed by atoms with E-state index >= 15 is 0 Å². The summed E-state index contributed by atoms with van der Waals surface area (Å²) in [4.78, 5) is 12.4. The van der Waals surface area contributed by atoms with Crippen molar-refractivity contribution in [2.75, 3.05) is 18.5 Å². The third-order valence-corrected chi connectivity index (χ3v) is 5.39. The van der Waals surface area contributed by atoms with Crippen molar-refractivity contribution in [2.45, 2.75) is 12.3 Å². The van der Waals surface area contributed by atoms with E-state index in [1.165, 1.54) is 0 Å². The van der Waals surface area contributed by atoms with Crippen LogP contribution >= 0.6 is 15.9 Å². The van der Waals surface area contributed by atoms with Crippen molar-refractivity contribution >= 4 is 27.7 Å². The van der Waals surface area contributed by atoms with Gasteiger partial charge in [0.2, 0.25) is 5.91 Å². The van der Waals surface area contributed by atoms with Gasteiger partial charge in [-0.15, -0.1) is 0 Å². The summed E-state index contributed by atoms with van der Waals surface area (Å²) in [6.45, 7) is 1.09. The first-order chi connectivity index (χ1) is 13.2. The highest BCUT2D eigenvalue weighted by Crippen LogP contribution is 2.41. The molecule has 0 saturated carbocycles. The van der Waals surface area contributed by atoms with Gasteiger partial charge in [0.1, 0.15) is 19.0 Å². The number of hydrogen-bond acceptors (Lipinski definition) is 4. The number of ether oxygens (including phenoxy) is 2. The smallest absolute Gasteiger partial charge is 0.226 e. The summed E-state index contributed by atoms with van der Waals surface area (Å²) in [5, 5.41) is 7.50. The molecule has 7 heteroatoms. The first-order valence-corrected chi connectivity index (χ1v) is 9.51. The first-order valence-electron chi connectivity index (χ1n) is 8.72. The number of anilines is 1. The largest absolute Gasteiger partial charge is 0.486 e. The highest BCUT2D eigenvalue weighted by Gasteiger charge is 2.31. The molecule has 3 heterocycles. The van der Waals surface area contributed by atoms with Crippen LogP contribution in [0, 0.1) is 0 Å². The van der Waals surface area contributed by atoms with Gasteiger partial charge in [-0.2, -0.15) is 5.10 Å². The van der Waals surface area contributed by atoms with Crippen LogP contribution in [0.5, 0.6) is 11.5 Å². The Balaban J connectivity index is 1.57. The molecule has 2 aliphatic rings. The number of carbonyl (C=O) groups excluding carboxylic acids is 1. The van der Waals surface area contributed by atoms with Crippen LogP contribution in [-0.4, -0.2) is 28.9 Å². The second-order valence-electron chi connectivity index (χ2n) is 6.54. The summed E-state index contributed by atoms with van der Waals surface area (Å²) >= 11 is 3.44. The predicted octanol–water partition coefficient (Wildman–Crippen LogP) is 3.88. The summed E-state index contributed by atoms with van der Waals surface area (Å²) in [7, 11) is 0. The van der Waals surface area contributed by atoms with Crippen LogP contribution in [0.3, 0.4) is 0 Å². The molecular weight excluding hydrogens is 410 g/mol. The van der Waals surface area contributed by atoms with E-state index in [4.69, 9.17) is 9.47 Å². The zero-order chi connectivity index (χ0) is 18.4. The highest BCUT2D eigenvalue weighted by molar-refractivity contribution is 9.10. The van der Waals surface area contributed by atoms with Crippen molar-refractivity contribution in [1.29, 1.82) is 0 Å². The van der Waals surface area contributed by atoms with Gasteiger partial charge in [0.25, 0.3) is 0 Å². The maximum absolute atomic E-state index is 12.4. The van der Waals surface area contributed by atoms with Crippen molar-refractivity contribution in [1.82, 2.24) is 9.78 Å². The molecule has 2 aromatic carbocycles. The molecule has 2 aliphatic heterocycles. The molecular formula is C20H16BrN3O3. The molecule has 1 unspecified atom stereocenters. The Morgan fingerprint density at radius 3 is 2.67 bits per heavy atom. The lowest BCUT2D eigenvalue weighted by Crippen LogP contribution is -2.24. The van der Waals surface area contributed by atoms with E-state index in [1.807, 2.05) is 48.7 Å². The third kappa shape index (κ3) is 2.88. The first kappa shape index (κ1) is 16.4. The molecule has 1 amide bonds. The number of nitrogens with one attached hydrogen (secondary N) is 1. The van der Waals surface area contributed by atoms with E-state index in [-0.39, 0.29) is 11.8 Å². The zero-order valence-electron chi connectivity index (χ0n) is 14.3. The van der Waals surface area contributed by atoms with Crippen molar-refractivity contribution in [3.05, 3.63) is 64.3 Å². The minimum Gasteiger partial charge on any atom is -0.486 e. The maximum atomic E-state index is 12.4. The number of amides is 1. The van der Waals surface area contributed by atoms with Crippen LogP contribution in [0.15, 0.2) is 53.1 Å². The van der Waals surface area contributed by atoms with E-state index < -0.39 is 0 Å². The minimum atomic E-state index is -0.0752. The lowest BCUT2D eigenvalue weighted by atomic mass is 9.87. The van der Waals surface area contributed by atoms with Gasteiger partial charge in [-0.1, -0.05) is 22.0 Å². The second-order valence-corrected chi connectivity index (χ2v) is 7.46. The maximum Gasteiger partial charge on any atom is 0.226 e. The van der Waals surface area contributed by atoms with E-state index in [0.29, 0.717) is 25.5 Å². The Kier molecular flexibility index (Phi) is 3.89. The fraction of sp³-hybridized carbons (Fsp3) is 0.200. The van der Waals surface area contributed by atoms with Gasteiger partial charge in [-0.25, -0.2) is 4.68 Å². The number of fused-ring (bicyclic) bond motifs is 2. The Morgan fingerprint density at radius 1 is 1.07 bits per heavy atom. The van der Waals surface area contributed by atoms with Crippen LogP contribution in [0.4, 0.5) is 5.82 Å². The average molecular weight is 426 g/mol. The molecule has 0 aliphatic carbocycles. The lowest BCUT2D eigenvalue weighted by Gasteiger charge is -2.25. The van der Waals surface area contributed by atoms with Gasteiger partial charge in [0.05, 0.1) is 11.9 Å². The van der Waals surface area contributed by atoms with Gasteiger partial charge in [0, 0.05) is 22.4 Å². The number of nitrogens with zero attached hydrogens (tertiary/aromatic N) is 2. The zero-order valence-corrected chi connectivity index (χ0v) is 15.9. The van der Waals surface area contributed by atoms with Crippen molar-refractivity contribution < 1.29 is 14.3 Å². The summed E-state index contributed by atoms with van der Waals surface area (Å²) in [5.41, 5.74) is 2.91. The van der Waals surface area contributed by atoms with Gasteiger partial charge >= 0.3 is 0 Å². The molecule has 1 aromatic heterocycles. The lowest BCUT2D eigenvalue weighted by molar-refractivity contribution is -0.116. The Labute approximate surface area is 164 Å². The molecule has 1 atom stereocenters. The van der Waals surface area contributed by atoms with Gasteiger partial charge < -0.3 is 14.8 Å². The summed E-state index contributed by atoms with van der Waals surface area (Å²) in [5.74, 6) is 2.09. The standard InChI is InChI=1S/C20H16BrN3O3/c21-13-2-4-14(5-3-13)24-20-16(11-22-24)15(10-19(25)23-20)12-1-6-17-18(9-12)27-8-7-26-17/h1-6,9,11,15H,7-8,10H2,(H,23,25). The molecule has 27 heavy (non-hydrogen) atoms. The summed E-state index contributed by atoms with van der Waals surface area (Å²) in [6.07, 6.45) is 2.21. The number of carbonyl (C=O) groups is 1. The molecule has 0 radical (unpaired) electrons. The average Bonchev–Trinajstić information content (AvgIpc) is 3.11. The van der Waals surface area contributed by atoms with Crippen LogP contribution in [0.2, 0.25) is 0 Å². The van der Waals surface area contributed by atoms with Crippen LogP contribution in [-0.2, 0) is 4.79 Å². The summed E-state index contributed by atoms with van der Waals surface area (Å²) in [6, 6.07) is 13.7. The van der Waals surface area contributed by atoms with E-state index in [2.05, 4.69) is 26.3 Å². The highest BCUT2D eigenvalue weighted by atomic mass is 79.9. The number of aromatic nitrogens is 2. The van der Waals surface area contributed by atoms with Crippen molar-refractivity contribution in [2.24, 2.45) is 0 Å². The van der Waals surface area contributed by atoms with Crippen LogP contribution in [0.1, 0.15) is 23.5 Å². The van der Waals surface area contributed by atoms with Crippen LogP contribution in [0.25, 0.3) is 5.69 Å². The fourth-order valence-electron chi connectivity index (χ4n) is 3.57. The topological polar surface area (TPSA) is 65.4 Å². The van der Waals surface area contributed by atoms with E-state index in [0.717, 1.165) is 32.8 Å². The van der Waals surface area contributed by atoms with E-state index in [9.17, 15) is 4.79 Å². The number of hydrogen-bond donors (Lipinski definition) is 1. The van der Waals surface area contributed by atoms with Crippen LogP contribution < -0.4 is 14.8 Å². The molecule has 6 nitrogen and oxygen atoms in total. The van der Waals surface area contributed by atoms with Crippen molar-refractivity contribution in [3.63, 3.8) is 0 Å². The number of halogens is 1. The normalized spacial score (nSPS) is 18.0. The third-order valence-electron chi connectivity index (χ3n) is 4.86. The SMILES string of the molecule is O=C1CC(c2ccc3c(c2)OCCO3)c2cnn(-c3ccc(Br)cc3)c2N1. The number of rotatable bonds is 2. The minimum absolute atomic E-state index is 0.0266. The van der Waals surface area contributed by atoms with Gasteiger partial charge in [-0.05, 0) is 42.0 Å². The number of benzene rings is 2. The fourth-order valence-corrected chi connectivity index (χ4v) is 3.84.